The third-order valence-electron chi connectivity index (χ3n) is 3.30. The molecule has 4 nitrogen and oxygen atoms in total. The zero-order valence-electron chi connectivity index (χ0n) is 10.9. The van der Waals surface area contributed by atoms with Crippen LogP contribution in [0.4, 0.5) is 4.39 Å². The molecule has 0 aromatic carbocycles. The normalized spacial score (nSPS) is 15.8. The Morgan fingerprint density at radius 1 is 1.67 bits per heavy atom. The molecular weight excluding hydrogens is 235 g/mol. The van der Waals surface area contributed by atoms with Crippen LogP contribution in [-0.2, 0) is 0 Å². The van der Waals surface area contributed by atoms with E-state index in [2.05, 4.69) is 10.3 Å². The molecule has 0 aliphatic carbocycles. The van der Waals surface area contributed by atoms with E-state index in [9.17, 15) is 14.3 Å². The van der Waals surface area contributed by atoms with Crippen LogP contribution in [0, 0.1) is 11.7 Å². The second kappa shape index (κ2) is 5.91. The van der Waals surface area contributed by atoms with Crippen molar-refractivity contribution in [1.29, 1.82) is 0 Å². The summed E-state index contributed by atoms with van der Waals surface area (Å²) < 4.78 is 13.3. The maximum atomic E-state index is 13.3. The molecule has 1 amide bonds. The van der Waals surface area contributed by atoms with Crippen molar-refractivity contribution in [1.82, 2.24) is 10.3 Å². The van der Waals surface area contributed by atoms with Gasteiger partial charge in [-0.25, -0.2) is 4.39 Å². The van der Waals surface area contributed by atoms with Gasteiger partial charge in [0, 0.05) is 12.7 Å². The zero-order chi connectivity index (χ0) is 13.8. The fourth-order valence-corrected chi connectivity index (χ4v) is 1.53. The number of aromatic nitrogens is 1. The van der Waals surface area contributed by atoms with Crippen LogP contribution in [0.15, 0.2) is 18.5 Å². The summed E-state index contributed by atoms with van der Waals surface area (Å²) >= 11 is 0. The van der Waals surface area contributed by atoms with E-state index in [0.717, 1.165) is 12.6 Å². The minimum Gasteiger partial charge on any atom is -0.388 e. The molecule has 0 radical (unpaired) electrons. The number of carbonyl (C=O) groups excluding carboxylic acids is 1. The highest BCUT2D eigenvalue weighted by atomic mass is 19.1. The topological polar surface area (TPSA) is 62.2 Å². The van der Waals surface area contributed by atoms with Crippen LogP contribution < -0.4 is 5.32 Å². The third kappa shape index (κ3) is 3.50. The molecule has 1 rings (SSSR count). The summed E-state index contributed by atoms with van der Waals surface area (Å²) in [7, 11) is 0. The quantitative estimate of drug-likeness (QED) is 0.841. The van der Waals surface area contributed by atoms with Gasteiger partial charge >= 0.3 is 0 Å². The fourth-order valence-electron chi connectivity index (χ4n) is 1.53. The van der Waals surface area contributed by atoms with Gasteiger partial charge in [0.2, 0.25) is 0 Å². The SMILES string of the molecule is CC[C@H](C)[C@](C)(O)CNC(=O)c1ccncc1F. The van der Waals surface area contributed by atoms with Crippen molar-refractivity contribution < 1.29 is 14.3 Å². The average Bonchev–Trinajstić information content (AvgIpc) is 2.35. The molecule has 0 spiro atoms. The van der Waals surface area contributed by atoms with Crippen molar-refractivity contribution in [2.75, 3.05) is 6.54 Å². The number of hydrogen-bond donors (Lipinski definition) is 2. The highest BCUT2D eigenvalue weighted by molar-refractivity contribution is 5.94. The molecule has 2 atom stereocenters. The van der Waals surface area contributed by atoms with E-state index in [1.165, 1.54) is 12.3 Å². The first kappa shape index (κ1) is 14.6. The molecule has 2 N–H and O–H groups in total. The Labute approximate surface area is 106 Å². The fraction of sp³-hybridized carbons (Fsp3) is 0.538. The largest absolute Gasteiger partial charge is 0.388 e. The molecule has 0 aliphatic rings. The molecule has 0 aliphatic heterocycles. The summed E-state index contributed by atoms with van der Waals surface area (Å²) in [6, 6.07) is 1.31. The molecule has 1 heterocycles. The molecule has 100 valence electrons. The highest BCUT2D eigenvalue weighted by Crippen LogP contribution is 2.19. The Kier molecular flexibility index (Phi) is 4.78. The van der Waals surface area contributed by atoms with Gasteiger partial charge in [-0.3, -0.25) is 9.78 Å². The number of aliphatic hydroxyl groups is 1. The second-order valence-electron chi connectivity index (χ2n) is 4.70. The standard InChI is InChI=1S/C13H19FN2O2/c1-4-9(2)13(3,18)8-16-12(17)10-5-6-15-7-11(10)14/h5-7,9,18H,4,8H2,1-3H3,(H,16,17)/t9-,13+/m0/s1. The number of carbonyl (C=O) groups is 1. The Balaban J connectivity index is 2.65. The number of rotatable bonds is 5. The van der Waals surface area contributed by atoms with E-state index < -0.39 is 17.3 Å². The van der Waals surface area contributed by atoms with E-state index in [1.54, 1.807) is 6.92 Å². The van der Waals surface area contributed by atoms with Crippen molar-refractivity contribution in [3.8, 4) is 0 Å². The number of amides is 1. The van der Waals surface area contributed by atoms with E-state index in [-0.39, 0.29) is 18.0 Å². The summed E-state index contributed by atoms with van der Waals surface area (Å²) in [4.78, 5) is 15.3. The van der Waals surface area contributed by atoms with Gasteiger partial charge < -0.3 is 10.4 Å². The van der Waals surface area contributed by atoms with Crippen molar-refractivity contribution in [3.05, 3.63) is 29.8 Å². The maximum Gasteiger partial charge on any atom is 0.254 e. The summed E-state index contributed by atoms with van der Waals surface area (Å²) in [5, 5.41) is 12.7. The smallest absolute Gasteiger partial charge is 0.254 e. The lowest BCUT2D eigenvalue weighted by atomic mass is 9.88. The van der Waals surface area contributed by atoms with Crippen molar-refractivity contribution >= 4 is 5.91 Å². The summed E-state index contributed by atoms with van der Waals surface area (Å²) in [6.07, 6.45) is 3.14. The van der Waals surface area contributed by atoms with Crippen LogP contribution in [0.1, 0.15) is 37.6 Å². The number of nitrogens with zero attached hydrogens (tertiary/aromatic N) is 1. The molecule has 0 bridgehead atoms. The van der Waals surface area contributed by atoms with Gasteiger partial charge in [0.05, 0.1) is 17.4 Å². The van der Waals surface area contributed by atoms with Gasteiger partial charge in [0.15, 0.2) is 5.82 Å². The number of halogens is 1. The summed E-state index contributed by atoms with van der Waals surface area (Å²) in [6.45, 7) is 5.61. The highest BCUT2D eigenvalue weighted by Gasteiger charge is 2.27. The molecule has 0 saturated carbocycles. The Morgan fingerprint density at radius 3 is 2.89 bits per heavy atom. The van der Waals surface area contributed by atoms with Gasteiger partial charge in [-0.2, -0.15) is 0 Å². The zero-order valence-corrected chi connectivity index (χ0v) is 10.9. The average molecular weight is 254 g/mol. The van der Waals surface area contributed by atoms with Gasteiger partial charge in [-0.05, 0) is 18.9 Å². The van der Waals surface area contributed by atoms with Crippen LogP contribution in [0.25, 0.3) is 0 Å². The first-order valence-corrected chi connectivity index (χ1v) is 5.98. The van der Waals surface area contributed by atoms with Crippen molar-refractivity contribution in [2.24, 2.45) is 5.92 Å². The molecule has 1 aromatic heterocycles. The van der Waals surface area contributed by atoms with Crippen molar-refractivity contribution in [2.45, 2.75) is 32.8 Å². The van der Waals surface area contributed by atoms with Crippen LogP contribution in [0.2, 0.25) is 0 Å². The van der Waals surface area contributed by atoms with Crippen LogP contribution in [-0.4, -0.2) is 28.1 Å². The monoisotopic (exact) mass is 254 g/mol. The van der Waals surface area contributed by atoms with E-state index in [1.807, 2.05) is 13.8 Å². The summed E-state index contributed by atoms with van der Waals surface area (Å²) in [5.74, 6) is -1.17. The van der Waals surface area contributed by atoms with Crippen LogP contribution in [0.3, 0.4) is 0 Å². The minimum atomic E-state index is -1.01. The van der Waals surface area contributed by atoms with E-state index >= 15 is 0 Å². The molecule has 0 unspecified atom stereocenters. The summed E-state index contributed by atoms with van der Waals surface area (Å²) in [5.41, 5.74) is -1.07. The number of pyridine rings is 1. The van der Waals surface area contributed by atoms with Gasteiger partial charge in [-0.15, -0.1) is 0 Å². The molecular formula is C13H19FN2O2. The Hall–Kier alpha value is -1.49. The van der Waals surface area contributed by atoms with Crippen LogP contribution >= 0.6 is 0 Å². The number of hydrogen-bond acceptors (Lipinski definition) is 3. The molecule has 1 aromatic rings. The third-order valence-corrected chi connectivity index (χ3v) is 3.30. The first-order valence-electron chi connectivity index (χ1n) is 5.98. The maximum absolute atomic E-state index is 13.3. The first-order chi connectivity index (χ1) is 8.38. The number of nitrogens with one attached hydrogen (secondary N) is 1. The molecule has 0 saturated heterocycles. The lowest BCUT2D eigenvalue weighted by Crippen LogP contribution is -2.45. The van der Waals surface area contributed by atoms with Gasteiger partial charge in [0.25, 0.3) is 5.91 Å². The second-order valence-corrected chi connectivity index (χ2v) is 4.70. The van der Waals surface area contributed by atoms with Gasteiger partial charge in [0.1, 0.15) is 0 Å². The minimum absolute atomic E-state index is 0.0417. The van der Waals surface area contributed by atoms with E-state index in [0.29, 0.717) is 0 Å². The molecule has 18 heavy (non-hydrogen) atoms. The van der Waals surface area contributed by atoms with Gasteiger partial charge in [-0.1, -0.05) is 20.3 Å². The molecule has 5 heteroatoms. The lowest BCUT2D eigenvalue weighted by molar-refractivity contribution is 0.00588. The van der Waals surface area contributed by atoms with E-state index in [4.69, 9.17) is 0 Å². The predicted octanol–water partition coefficient (Wildman–Crippen LogP) is 1.75. The Morgan fingerprint density at radius 2 is 2.33 bits per heavy atom. The Bertz CT molecular complexity index is 421. The molecule has 0 fully saturated rings. The predicted molar refractivity (Wildman–Crippen MR) is 66.6 cm³/mol. The van der Waals surface area contributed by atoms with Crippen LogP contribution in [0.5, 0.6) is 0 Å². The lowest BCUT2D eigenvalue weighted by Gasteiger charge is -2.29. The van der Waals surface area contributed by atoms with Crippen molar-refractivity contribution in [3.63, 3.8) is 0 Å².